The van der Waals surface area contributed by atoms with Gasteiger partial charge in [0.2, 0.25) is 0 Å². The summed E-state index contributed by atoms with van der Waals surface area (Å²) in [7, 11) is 0. The zero-order chi connectivity index (χ0) is 13.8. The number of hydrogen-bond acceptors (Lipinski definition) is 2. The van der Waals surface area contributed by atoms with E-state index in [2.05, 4.69) is 0 Å². The number of benzene rings is 2. The van der Waals surface area contributed by atoms with E-state index in [9.17, 15) is 9.18 Å². The SMILES string of the molecule is CC(=O)c1ccc(OC(C)c2ccccc2)c(F)c1. The van der Waals surface area contributed by atoms with Crippen LogP contribution in [-0.2, 0) is 0 Å². The monoisotopic (exact) mass is 258 g/mol. The van der Waals surface area contributed by atoms with E-state index >= 15 is 0 Å². The highest BCUT2D eigenvalue weighted by atomic mass is 19.1. The van der Waals surface area contributed by atoms with E-state index in [0.29, 0.717) is 5.56 Å². The lowest BCUT2D eigenvalue weighted by molar-refractivity contribution is 0.101. The third-order valence-electron chi connectivity index (χ3n) is 2.91. The van der Waals surface area contributed by atoms with Crippen LogP contribution in [0.1, 0.15) is 35.9 Å². The van der Waals surface area contributed by atoms with Gasteiger partial charge in [-0.3, -0.25) is 4.79 Å². The smallest absolute Gasteiger partial charge is 0.165 e. The number of carbonyl (C=O) groups is 1. The van der Waals surface area contributed by atoms with E-state index < -0.39 is 5.82 Å². The molecule has 0 aliphatic heterocycles. The Morgan fingerprint density at radius 1 is 1.16 bits per heavy atom. The summed E-state index contributed by atoms with van der Waals surface area (Å²) in [4.78, 5) is 11.1. The maximum atomic E-state index is 13.8. The van der Waals surface area contributed by atoms with Crippen LogP contribution in [0.15, 0.2) is 48.5 Å². The largest absolute Gasteiger partial charge is 0.483 e. The second kappa shape index (κ2) is 5.65. The molecule has 0 saturated heterocycles. The molecule has 0 radical (unpaired) electrons. The van der Waals surface area contributed by atoms with E-state index in [1.165, 1.54) is 19.1 Å². The van der Waals surface area contributed by atoms with Gasteiger partial charge in [-0.05, 0) is 37.6 Å². The standard InChI is InChI=1S/C16H15FO2/c1-11(18)14-8-9-16(15(17)10-14)19-12(2)13-6-4-3-5-7-13/h3-10,12H,1-2H3. The molecular weight excluding hydrogens is 243 g/mol. The molecule has 0 aliphatic carbocycles. The van der Waals surface area contributed by atoms with Crippen molar-refractivity contribution >= 4 is 5.78 Å². The van der Waals surface area contributed by atoms with Crippen molar-refractivity contribution in [3.05, 3.63) is 65.5 Å². The molecule has 98 valence electrons. The summed E-state index contributed by atoms with van der Waals surface area (Å²) in [6.07, 6.45) is -0.251. The van der Waals surface area contributed by atoms with Gasteiger partial charge in [0.05, 0.1) is 0 Å². The molecule has 0 spiro atoms. The van der Waals surface area contributed by atoms with Crippen LogP contribution < -0.4 is 4.74 Å². The fourth-order valence-electron chi connectivity index (χ4n) is 1.80. The molecule has 0 N–H and O–H groups in total. The number of halogens is 1. The molecule has 2 aromatic carbocycles. The van der Waals surface area contributed by atoms with Crippen molar-refractivity contribution in [3.63, 3.8) is 0 Å². The van der Waals surface area contributed by atoms with Crippen LogP contribution in [0.3, 0.4) is 0 Å². The van der Waals surface area contributed by atoms with E-state index in [1.807, 2.05) is 37.3 Å². The molecule has 0 aliphatic rings. The number of rotatable bonds is 4. The Morgan fingerprint density at radius 3 is 2.42 bits per heavy atom. The molecule has 1 atom stereocenters. The van der Waals surface area contributed by atoms with Crippen LogP contribution in [-0.4, -0.2) is 5.78 Å². The number of Topliss-reactive ketones (excluding diaryl/α,β-unsaturated/α-hetero) is 1. The van der Waals surface area contributed by atoms with Crippen LogP contribution in [0.4, 0.5) is 4.39 Å². The van der Waals surface area contributed by atoms with Crippen molar-refractivity contribution in [1.82, 2.24) is 0 Å². The van der Waals surface area contributed by atoms with Crippen molar-refractivity contribution in [1.29, 1.82) is 0 Å². The molecule has 0 fully saturated rings. The summed E-state index contributed by atoms with van der Waals surface area (Å²) in [6.45, 7) is 3.26. The van der Waals surface area contributed by atoms with Crippen molar-refractivity contribution < 1.29 is 13.9 Å². The maximum Gasteiger partial charge on any atom is 0.165 e. The van der Waals surface area contributed by atoms with Crippen LogP contribution in [0, 0.1) is 5.82 Å². The summed E-state index contributed by atoms with van der Waals surface area (Å²) in [5.74, 6) is -0.529. The van der Waals surface area contributed by atoms with Gasteiger partial charge < -0.3 is 4.74 Å². The molecule has 3 heteroatoms. The van der Waals surface area contributed by atoms with Gasteiger partial charge in [-0.25, -0.2) is 4.39 Å². The average molecular weight is 258 g/mol. The van der Waals surface area contributed by atoms with Gasteiger partial charge in [-0.2, -0.15) is 0 Å². The molecule has 0 saturated carbocycles. The summed E-state index contributed by atoms with van der Waals surface area (Å²) in [6, 6.07) is 13.8. The minimum atomic E-state index is -0.518. The number of hydrogen-bond donors (Lipinski definition) is 0. The average Bonchev–Trinajstić information content (AvgIpc) is 2.41. The van der Waals surface area contributed by atoms with E-state index in [4.69, 9.17) is 4.74 Å². The summed E-state index contributed by atoms with van der Waals surface area (Å²) >= 11 is 0. The molecule has 0 aromatic heterocycles. The molecule has 0 bridgehead atoms. The van der Waals surface area contributed by atoms with Crippen LogP contribution >= 0.6 is 0 Å². The molecule has 1 unspecified atom stereocenters. The predicted molar refractivity (Wildman–Crippen MR) is 71.9 cm³/mol. The van der Waals surface area contributed by atoms with E-state index in [-0.39, 0.29) is 17.6 Å². The maximum absolute atomic E-state index is 13.8. The quantitative estimate of drug-likeness (QED) is 0.769. The second-order valence-electron chi connectivity index (χ2n) is 4.37. The summed E-state index contributed by atoms with van der Waals surface area (Å²) in [5, 5.41) is 0. The first-order valence-electron chi connectivity index (χ1n) is 6.10. The molecule has 0 heterocycles. The first-order chi connectivity index (χ1) is 9.08. The fraction of sp³-hybridized carbons (Fsp3) is 0.188. The topological polar surface area (TPSA) is 26.3 Å². The molecular formula is C16H15FO2. The first kappa shape index (κ1) is 13.3. The molecule has 19 heavy (non-hydrogen) atoms. The van der Waals surface area contributed by atoms with Crippen molar-refractivity contribution in [2.75, 3.05) is 0 Å². The van der Waals surface area contributed by atoms with Gasteiger partial charge in [0.25, 0.3) is 0 Å². The molecule has 2 rings (SSSR count). The Morgan fingerprint density at radius 2 is 1.84 bits per heavy atom. The van der Waals surface area contributed by atoms with Gasteiger partial charge in [0, 0.05) is 5.56 Å². The van der Waals surface area contributed by atoms with E-state index in [0.717, 1.165) is 5.56 Å². The summed E-state index contributed by atoms with van der Waals surface area (Å²) < 4.78 is 19.4. The van der Waals surface area contributed by atoms with Crippen LogP contribution in [0.25, 0.3) is 0 Å². The Hall–Kier alpha value is -2.16. The lowest BCUT2D eigenvalue weighted by Crippen LogP contribution is -2.05. The van der Waals surface area contributed by atoms with Crippen molar-refractivity contribution in [3.8, 4) is 5.75 Å². The Labute approximate surface area is 111 Å². The highest BCUT2D eigenvalue weighted by Crippen LogP contribution is 2.25. The van der Waals surface area contributed by atoms with Crippen LogP contribution in [0.5, 0.6) is 5.75 Å². The minimum absolute atomic E-state index is 0.154. The summed E-state index contributed by atoms with van der Waals surface area (Å²) in [5.41, 5.74) is 1.31. The lowest BCUT2D eigenvalue weighted by atomic mass is 10.1. The fourth-order valence-corrected chi connectivity index (χ4v) is 1.80. The predicted octanol–water partition coefficient (Wildman–Crippen LogP) is 4.17. The zero-order valence-electron chi connectivity index (χ0n) is 10.9. The highest BCUT2D eigenvalue weighted by molar-refractivity contribution is 5.94. The third kappa shape index (κ3) is 3.19. The zero-order valence-corrected chi connectivity index (χ0v) is 10.9. The van der Waals surface area contributed by atoms with Gasteiger partial charge in [0.15, 0.2) is 17.3 Å². The third-order valence-corrected chi connectivity index (χ3v) is 2.91. The molecule has 0 amide bonds. The number of ether oxygens (including phenoxy) is 1. The molecule has 2 aromatic rings. The number of carbonyl (C=O) groups excluding carboxylic acids is 1. The minimum Gasteiger partial charge on any atom is -0.483 e. The Bertz CT molecular complexity index is 579. The second-order valence-corrected chi connectivity index (χ2v) is 4.37. The normalized spacial score (nSPS) is 11.9. The Kier molecular flexibility index (Phi) is 3.95. The lowest BCUT2D eigenvalue weighted by Gasteiger charge is -2.15. The van der Waals surface area contributed by atoms with Gasteiger partial charge >= 0.3 is 0 Å². The highest BCUT2D eigenvalue weighted by Gasteiger charge is 2.12. The van der Waals surface area contributed by atoms with Crippen molar-refractivity contribution in [2.45, 2.75) is 20.0 Å². The van der Waals surface area contributed by atoms with Crippen LogP contribution in [0.2, 0.25) is 0 Å². The number of ketones is 1. The Balaban J connectivity index is 2.18. The molecule has 2 nitrogen and oxygen atoms in total. The first-order valence-corrected chi connectivity index (χ1v) is 6.10. The van der Waals surface area contributed by atoms with Gasteiger partial charge in [-0.15, -0.1) is 0 Å². The van der Waals surface area contributed by atoms with Gasteiger partial charge in [0.1, 0.15) is 6.10 Å². The van der Waals surface area contributed by atoms with Gasteiger partial charge in [-0.1, -0.05) is 30.3 Å². The van der Waals surface area contributed by atoms with E-state index in [1.54, 1.807) is 6.07 Å². The van der Waals surface area contributed by atoms with Crippen molar-refractivity contribution in [2.24, 2.45) is 0 Å².